The summed E-state index contributed by atoms with van der Waals surface area (Å²) in [5.41, 5.74) is 1.14. The van der Waals surface area contributed by atoms with Crippen molar-refractivity contribution in [1.29, 1.82) is 0 Å². The Hall–Kier alpha value is -0.870. The third kappa shape index (κ3) is 3.12. The summed E-state index contributed by atoms with van der Waals surface area (Å²) in [6.45, 7) is 6.56. The molecule has 1 aromatic rings. The van der Waals surface area contributed by atoms with Crippen LogP contribution in [0.1, 0.15) is 31.1 Å². The van der Waals surface area contributed by atoms with E-state index in [9.17, 15) is 0 Å². The van der Waals surface area contributed by atoms with Crippen LogP contribution in [0.3, 0.4) is 0 Å². The Labute approximate surface area is 84.6 Å². The number of nitrogens with zero attached hydrogens (tertiary/aromatic N) is 1. The highest BCUT2D eigenvalue weighted by Gasteiger charge is 2.10. The van der Waals surface area contributed by atoms with E-state index in [1.54, 1.807) is 13.3 Å². The van der Waals surface area contributed by atoms with Gasteiger partial charge in [-0.2, -0.15) is 0 Å². The lowest BCUT2D eigenvalue weighted by Crippen LogP contribution is -2.18. The fourth-order valence-electron chi connectivity index (χ4n) is 1.28. The minimum absolute atomic E-state index is 0.386. The number of rotatable bonds is 6. The van der Waals surface area contributed by atoms with Crippen LogP contribution in [-0.4, -0.2) is 25.4 Å². The third-order valence-electron chi connectivity index (χ3n) is 2.00. The number of ether oxygens (including phenoxy) is 1. The van der Waals surface area contributed by atoms with Gasteiger partial charge in [-0.15, -0.1) is 0 Å². The molecule has 1 heterocycles. The predicted molar refractivity (Wildman–Crippen MR) is 54.2 cm³/mol. The highest BCUT2D eigenvalue weighted by molar-refractivity contribution is 5.16. The van der Waals surface area contributed by atoms with Crippen molar-refractivity contribution in [2.75, 3.05) is 20.3 Å². The van der Waals surface area contributed by atoms with Crippen molar-refractivity contribution in [1.82, 2.24) is 10.5 Å². The monoisotopic (exact) mass is 198 g/mol. The van der Waals surface area contributed by atoms with E-state index in [1.165, 1.54) is 0 Å². The van der Waals surface area contributed by atoms with Crippen molar-refractivity contribution < 1.29 is 9.26 Å². The summed E-state index contributed by atoms with van der Waals surface area (Å²) < 4.78 is 10.1. The molecular weight excluding hydrogens is 180 g/mol. The average molecular weight is 198 g/mol. The van der Waals surface area contributed by atoms with Crippen LogP contribution in [0, 0.1) is 0 Å². The van der Waals surface area contributed by atoms with Crippen LogP contribution in [0.2, 0.25) is 0 Å². The number of nitrogens with one attached hydrogen (secondary N) is 1. The van der Waals surface area contributed by atoms with Crippen LogP contribution in [0.4, 0.5) is 0 Å². The Kier molecular flexibility index (Phi) is 4.62. The van der Waals surface area contributed by atoms with Gasteiger partial charge in [-0.25, -0.2) is 0 Å². The zero-order valence-corrected chi connectivity index (χ0v) is 9.04. The average Bonchev–Trinajstić information content (AvgIpc) is 2.60. The maximum atomic E-state index is 5.16. The van der Waals surface area contributed by atoms with Gasteiger partial charge in [0, 0.05) is 31.7 Å². The van der Waals surface area contributed by atoms with Gasteiger partial charge in [0.05, 0.1) is 12.8 Å². The molecule has 0 saturated heterocycles. The van der Waals surface area contributed by atoms with Gasteiger partial charge in [0.25, 0.3) is 0 Å². The first-order valence-electron chi connectivity index (χ1n) is 4.88. The van der Waals surface area contributed by atoms with Crippen molar-refractivity contribution in [3.05, 3.63) is 17.5 Å². The molecule has 14 heavy (non-hydrogen) atoms. The molecule has 0 unspecified atom stereocenters. The minimum atomic E-state index is 0.386. The van der Waals surface area contributed by atoms with Crippen LogP contribution in [0.5, 0.6) is 0 Å². The lowest BCUT2D eigenvalue weighted by Gasteiger charge is -2.05. The molecule has 80 valence electrons. The third-order valence-corrected chi connectivity index (χ3v) is 2.00. The van der Waals surface area contributed by atoms with E-state index in [0.717, 1.165) is 31.0 Å². The van der Waals surface area contributed by atoms with E-state index in [-0.39, 0.29) is 0 Å². The van der Waals surface area contributed by atoms with Crippen molar-refractivity contribution in [2.45, 2.75) is 26.3 Å². The number of methoxy groups -OCH3 is 1. The first-order chi connectivity index (χ1) is 6.75. The minimum Gasteiger partial charge on any atom is -0.383 e. The van der Waals surface area contributed by atoms with Crippen LogP contribution in [-0.2, 0) is 11.3 Å². The molecule has 0 saturated carbocycles. The van der Waals surface area contributed by atoms with Crippen LogP contribution in [0.15, 0.2) is 10.7 Å². The Bertz CT molecular complexity index is 258. The topological polar surface area (TPSA) is 47.3 Å². The highest BCUT2D eigenvalue weighted by Crippen LogP contribution is 2.18. The molecule has 0 aromatic carbocycles. The molecule has 0 aliphatic heterocycles. The molecule has 1 aromatic heterocycles. The van der Waals surface area contributed by atoms with Gasteiger partial charge in [0.1, 0.15) is 5.76 Å². The second kappa shape index (κ2) is 5.78. The predicted octanol–water partition coefficient (Wildman–Crippen LogP) is 1.53. The van der Waals surface area contributed by atoms with Gasteiger partial charge >= 0.3 is 0 Å². The normalized spacial score (nSPS) is 11.1. The van der Waals surface area contributed by atoms with Crippen LogP contribution in [0.25, 0.3) is 0 Å². The maximum Gasteiger partial charge on any atom is 0.143 e. The molecule has 0 spiro atoms. The quantitative estimate of drug-likeness (QED) is 0.704. The van der Waals surface area contributed by atoms with E-state index in [4.69, 9.17) is 9.26 Å². The first kappa shape index (κ1) is 11.2. The van der Waals surface area contributed by atoms with E-state index >= 15 is 0 Å². The second-order valence-corrected chi connectivity index (χ2v) is 3.54. The molecule has 0 radical (unpaired) electrons. The molecular formula is C10H18N2O2. The van der Waals surface area contributed by atoms with Gasteiger partial charge in [-0.1, -0.05) is 19.0 Å². The molecule has 0 amide bonds. The Balaban J connectivity index is 2.38. The van der Waals surface area contributed by atoms with Crippen molar-refractivity contribution in [3.63, 3.8) is 0 Å². The molecule has 0 aliphatic carbocycles. The summed E-state index contributed by atoms with van der Waals surface area (Å²) in [5.74, 6) is 1.35. The lowest BCUT2D eigenvalue weighted by atomic mass is 10.1. The van der Waals surface area contributed by atoms with Gasteiger partial charge in [0.15, 0.2) is 0 Å². The van der Waals surface area contributed by atoms with E-state index in [2.05, 4.69) is 24.3 Å². The summed E-state index contributed by atoms with van der Waals surface area (Å²) >= 11 is 0. The zero-order chi connectivity index (χ0) is 10.4. The molecule has 4 heteroatoms. The van der Waals surface area contributed by atoms with Crippen LogP contribution < -0.4 is 5.32 Å². The number of hydrogen-bond donors (Lipinski definition) is 1. The van der Waals surface area contributed by atoms with Gasteiger partial charge in [-0.05, 0) is 0 Å². The van der Waals surface area contributed by atoms with Gasteiger partial charge < -0.3 is 14.6 Å². The summed E-state index contributed by atoms with van der Waals surface area (Å²) in [7, 11) is 1.70. The summed E-state index contributed by atoms with van der Waals surface area (Å²) in [6, 6.07) is 0. The highest BCUT2D eigenvalue weighted by atomic mass is 16.5. The van der Waals surface area contributed by atoms with Gasteiger partial charge in [-0.3, -0.25) is 0 Å². The fraction of sp³-hybridized carbons (Fsp3) is 0.700. The second-order valence-electron chi connectivity index (χ2n) is 3.54. The molecule has 0 bridgehead atoms. The summed E-state index contributed by atoms with van der Waals surface area (Å²) in [4.78, 5) is 0. The van der Waals surface area contributed by atoms with Crippen molar-refractivity contribution in [3.8, 4) is 0 Å². The lowest BCUT2D eigenvalue weighted by molar-refractivity contribution is 0.199. The van der Waals surface area contributed by atoms with Crippen molar-refractivity contribution in [2.24, 2.45) is 0 Å². The molecule has 1 N–H and O–H groups in total. The van der Waals surface area contributed by atoms with E-state index < -0.39 is 0 Å². The molecule has 0 fully saturated rings. The molecule has 0 aliphatic rings. The van der Waals surface area contributed by atoms with E-state index in [0.29, 0.717) is 5.92 Å². The smallest absolute Gasteiger partial charge is 0.143 e. The zero-order valence-electron chi connectivity index (χ0n) is 9.04. The fourth-order valence-corrected chi connectivity index (χ4v) is 1.28. The number of hydrogen-bond acceptors (Lipinski definition) is 4. The largest absolute Gasteiger partial charge is 0.383 e. The number of aromatic nitrogens is 1. The summed E-state index contributed by atoms with van der Waals surface area (Å²) in [5, 5.41) is 7.06. The van der Waals surface area contributed by atoms with Crippen molar-refractivity contribution >= 4 is 0 Å². The van der Waals surface area contributed by atoms with E-state index in [1.807, 2.05) is 0 Å². The standard InChI is InChI=1S/C10H18N2O2/c1-8(2)10-9(7-12-14-10)6-11-4-5-13-3/h7-8,11H,4-6H2,1-3H3. The Morgan fingerprint density at radius 1 is 1.57 bits per heavy atom. The molecule has 4 nitrogen and oxygen atoms in total. The summed E-state index contributed by atoms with van der Waals surface area (Å²) in [6.07, 6.45) is 1.77. The van der Waals surface area contributed by atoms with Gasteiger partial charge in [0.2, 0.25) is 0 Å². The Morgan fingerprint density at radius 2 is 2.36 bits per heavy atom. The SMILES string of the molecule is COCCNCc1cnoc1C(C)C. The van der Waals surface area contributed by atoms with Crippen LogP contribution >= 0.6 is 0 Å². The Morgan fingerprint density at radius 3 is 3.00 bits per heavy atom. The first-order valence-corrected chi connectivity index (χ1v) is 4.88. The molecule has 1 rings (SSSR count). The molecule has 0 atom stereocenters. The maximum absolute atomic E-state index is 5.16.